The van der Waals surface area contributed by atoms with E-state index in [-0.39, 0.29) is 5.41 Å². The van der Waals surface area contributed by atoms with Crippen molar-refractivity contribution in [2.24, 2.45) is 0 Å². The van der Waals surface area contributed by atoms with E-state index in [1.165, 1.54) is 38.2 Å². The fourth-order valence-electron chi connectivity index (χ4n) is 12.6. The number of anilines is 6. The van der Waals surface area contributed by atoms with E-state index in [1.54, 1.807) is 0 Å². The largest absolute Gasteiger partial charge is 0.310 e. The van der Waals surface area contributed by atoms with Gasteiger partial charge in [0.05, 0.1) is 40.7 Å². The van der Waals surface area contributed by atoms with Gasteiger partial charge in [0.25, 0.3) is 0 Å². The van der Waals surface area contributed by atoms with Crippen LogP contribution in [0.25, 0.3) is 93.8 Å². The van der Waals surface area contributed by atoms with E-state index >= 15 is 0 Å². The molecule has 0 atom stereocenters. The number of hydrogen-bond acceptors (Lipinski definition) is 5. The SMILES string of the molecule is Cc1ccc(N(c2ccc(C=Cc3ccc4c(C#N)c(C#N)c5ccc(C(C)(C)C)cc5c4c3)cc2)c2cccc3ccccc23)cc1.[C-]#[N+]c1c(C#N)c2cc(C)ccc2c2ccc(C=Cc3ccc(N(c4ccc(C)cc4)c4cccc5ccccc45)cc3)cc12. The normalized spacial score (nSPS) is 11.4. The van der Waals surface area contributed by atoms with Gasteiger partial charge in [0.1, 0.15) is 12.1 Å². The second-order valence-electron chi connectivity index (χ2n) is 24.8. The maximum atomic E-state index is 10.1. The van der Waals surface area contributed by atoms with Gasteiger partial charge in [0.2, 0.25) is 5.69 Å². The number of rotatable bonds is 10. The van der Waals surface area contributed by atoms with Crippen molar-refractivity contribution in [1.82, 2.24) is 0 Å². The summed E-state index contributed by atoms with van der Waals surface area (Å²) >= 11 is 0. The van der Waals surface area contributed by atoms with Crippen LogP contribution >= 0.6 is 0 Å². The highest BCUT2D eigenvalue weighted by Crippen LogP contribution is 2.43. The maximum Gasteiger partial charge on any atom is 0.212 e. The molecule has 0 N–H and O–H groups in total. The van der Waals surface area contributed by atoms with E-state index in [0.717, 1.165) is 105 Å². The summed E-state index contributed by atoms with van der Waals surface area (Å²) in [4.78, 5) is 8.43. The Morgan fingerprint density at radius 2 is 0.710 bits per heavy atom. The third-order valence-electron chi connectivity index (χ3n) is 17.6. The van der Waals surface area contributed by atoms with Crippen LogP contribution in [0.1, 0.15) is 82.0 Å². The van der Waals surface area contributed by atoms with Crippen molar-refractivity contribution in [2.45, 2.75) is 47.0 Å². The number of nitrogens with zero attached hydrogens (tertiary/aromatic N) is 6. The summed E-state index contributed by atoms with van der Waals surface area (Å²) < 4.78 is 0. The van der Waals surface area contributed by atoms with E-state index in [9.17, 15) is 15.8 Å². The average molecular weight is 1190 g/mol. The van der Waals surface area contributed by atoms with Crippen molar-refractivity contribution in [2.75, 3.05) is 9.80 Å². The molecule has 0 aliphatic carbocycles. The molecule has 0 saturated carbocycles. The van der Waals surface area contributed by atoms with Gasteiger partial charge in [0.15, 0.2) is 0 Å². The van der Waals surface area contributed by atoms with Gasteiger partial charge < -0.3 is 9.80 Å². The summed E-state index contributed by atoms with van der Waals surface area (Å²) in [5.41, 5.74) is 17.2. The number of fused-ring (bicyclic) bond motifs is 8. The van der Waals surface area contributed by atoms with Crippen molar-refractivity contribution in [3.63, 3.8) is 0 Å². The molecule has 93 heavy (non-hydrogen) atoms. The molecule has 6 nitrogen and oxygen atoms in total. The van der Waals surface area contributed by atoms with Gasteiger partial charge in [0, 0.05) is 44.3 Å². The molecule has 6 heteroatoms. The molecule has 0 saturated heterocycles. The first-order valence-electron chi connectivity index (χ1n) is 31.2. The van der Waals surface area contributed by atoms with E-state index in [1.807, 2.05) is 37.3 Å². The summed E-state index contributed by atoms with van der Waals surface area (Å²) in [7, 11) is 0. The first kappa shape index (κ1) is 59.6. The van der Waals surface area contributed by atoms with Crippen molar-refractivity contribution >= 4 is 129 Å². The molecule has 0 amide bonds. The van der Waals surface area contributed by atoms with Crippen LogP contribution in [0.4, 0.5) is 39.8 Å². The monoisotopic (exact) mass is 1190 g/mol. The standard InChI is InChI=1S/C45H35N3.C42H29N3/c1-30-12-20-35(21-13-30)48(44-11-7-9-33-8-5-6-10-37(33)44)36-22-16-31(17-23-36)14-15-32-18-24-38-40(26-32)41-27-34(45(2,3)4)19-25-39(41)43(29-47)42(38)28-46;1-28-11-19-33(20-12-28)45(41-10-6-8-32-7-4-5-9-35(32)41)34-21-16-30(17-22-34)14-15-31-18-24-37-36-23-13-29(2)25-38(36)40(27-43)42(44-3)39(37)26-31/h5-27H,1-4H3;4-26H,1-2H3. The Bertz CT molecular complexity index is 5480. The lowest BCUT2D eigenvalue weighted by Crippen LogP contribution is -2.10. The smallest absolute Gasteiger partial charge is 0.212 e. The van der Waals surface area contributed by atoms with Crippen molar-refractivity contribution < 1.29 is 0 Å². The Morgan fingerprint density at radius 3 is 1.18 bits per heavy atom. The summed E-state index contributed by atoms with van der Waals surface area (Å²) in [5.74, 6) is 0. The van der Waals surface area contributed by atoms with Crippen LogP contribution in [0.2, 0.25) is 0 Å². The molecular formula is C87H64N6. The van der Waals surface area contributed by atoms with Crippen molar-refractivity contribution in [3.05, 3.63) is 327 Å². The Hall–Kier alpha value is -12.3. The second-order valence-corrected chi connectivity index (χ2v) is 24.8. The number of benzene rings is 14. The van der Waals surface area contributed by atoms with Crippen LogP contribution in [0, 0.1) is 61.3 Å². The zero-order chi connectivity index (χ0) is 64.3. The number of hydrogen-bond donors (Lipinski definition) is 0. The molecule has 0 aliphatic rings. The minimum Gasteiger partial charge on any atom is -0.310 e. The third-order valence-corrected chi connectivity index (χ3v) is 17.6. The molecule has 14 aromatic carbocycles. The Kier molecular flexibility index (Phi) is 16.2. The maximum absolute atomic E-state index is 10.1. The topological polar surface area (TPSA) is 82.2 Å². The Morgan fingerprint density at radius 1 is 0.333 bits per heavy atom. The summed E-state index contributed by atoms with van der Waals surface area (Å²) in [6.45, 7) is 20.7. The molecule has 0 bridgehead atoms. The highest BCUT2D eigenvalue weighted by molar-refractivity contribution is 6.17. The van der Waals surface area contributed by atoms with Gasteiger partial charge in [-0.15, -0.1) is 0 Å². The molecule has 0 radical (unpaired) electrons. The molecule has 14 rings (SSSR count). The van der Waals surface area contributed by atoms with Gasteiger partial charge in [-0.2, -0.15) is 15.8 Å². The lowest BCUT2D eigenvalue weighted by molar-refractivity contribution is 0.591. The predicted octanol–water partition coefficient (Wildman–Crippen LogP) is 24.0. The van der Waals surface area contributed by atoms with Crippen LogP contribution in [0.5, 0.6) is 0 Å². The van der Waals surface area contributed by atoms with E-state index < -0.39 is 0 Å². The van der Waals surface area contributed by atoms with E-state index in [4.69, 9.17) is 6.57 Å². The summed E-state index contributed by atoms with van der Waals surface area (Å²) in [6, 6.07) is 96.0. The molecule has 0 fully saturated rings. The summed E-state index contributed by atoms with van der Waals surface area (Å²) in [5, 5.41) is 42.1. The highest BCUT2D eigenvalue weighted by Gasteiger charge is 2.21. The Balaban J connectivity index is 0.000000170. The average Bonchev–Trinajstić information content (AvgIpc) is 0.768. The van der Waals surface area contributed by atoms with E-state index in [2.05, 4.69) is 316 Å². The van der Waals surface area contributed by atoms with Crippen LogP contribution in [-0.2, 0) is 5.41 Å². The molecule has 442 valence electrons. The third kappa shape index (κ3) is 11.8. The van der Waals surface area contributed by atoms with Gasteiger partial charge >= 0.3 is 0 Å². The molecule has 0 spiro atoms. The minimum absolute atomic E-state index is 0.0481. The van der Waals surface area contributed by atoms with Crippen LogP contribution in [0.15, 0.2) is 255 Å². The van der Waals surface area contributed by atoms with Gasteiger partial charge in [-0.05, 0) is 170 Å². The molecule has 0 aliphatic heterocycles. The van der Waals surface area contributed by atoms with Gasteiger partial charge in [-0.25, -0.2) is 4.85 Å². The number of nitriles is 3. The van der Waals surface area contributed by atoms with Crippen molar-refractivity contribution in [3.8, 4) is 18.2 Å². The zero-order valence-electron chi connectivity index (χ0n) is 52.7. The van der Waals surface area contributed by atoms with E-state index in [0.29, 0.717) is 22.4 Å². The quantitative estimate of drug-likeness (QED) is 0.0774. The van der Waals surface area contributed by atoms with Gasteiger partial charge in [-0.3, -0.25) is 0 Å². The van der Waals surface area contributed by atoms with Crippen molar-refractivity contribution in [1.29, 1.82) is 15.8 Å². The highest BCUT2D eigenvalue weighted by atomic mass is 15.1. The van der Waals surface area contributed by atoms with Crippen LogP contribution in [0.3, 0.4) is 0 Å². The molecule has 14 aromatic rings. The minimum atomic E-state index is -0.0481. The first-order valence-corrected chi connectivity index (χ1v) is 31.2. The first-order chi connectivity index (χ1) is 45.3. The van der Waals surface area contributed by atoms with Crippen LogP contribution < -0.4 is 9.80 Å². The molecule has 0 aromatic heterocycles. The fraction of sp³-hybridized carbons (Fsp3) is 0.0805. The zero-order valence-corrected chi connectivity index (χ0v) is 52.7. The second kappa shape index (κ2) is 25.3. The summed E-state index contributed by atoms with van der Waals surface area (Å²) in [6.07, 6.45) is 8.39. The lowest BCUT2D eigenvalue weighted by Gasteiger charge is -2.27. The fourth-order valence-corrected chi connectivity index (χ4v) is 12.6. The molecule has 0 unspecified atom stereocenters. The number of aryl methyl sites for hydroxylation is 3. The lowest BCUT2D eigenvalue weighted by atomic mass is 9.83. The Labute approximate surface area is 543 Å². The van der Waals surface area contributed by atoms with Gasteiger partial charge in [-0.1, -0.05) is 244 Å². The molecular weight excluding hydrogens is 1130 g/mol. The predicted molar refractivity (Wildman–Crippen MR) is 391 cm³/mol. The molecule has 0 heterocycles. The van der Waals surface area contributed by atoms with Crippen LogP contribution in [-0.4, -0.2) is 0 Å².